The molecule has 2 rings (SSSR count). The molecule has 0 nitrogen and oxygen atoms in total. The molecule has 2 unspecified atom stereocenters. The van der Waals surface area contributed by atoms with Gasteiger partial charge in [0.1, 0.15) is 0 Å². The molecule has 82 valence electrons. The summed E-state index contributed by atoms with van der Waals surface area (Å²) >= 11 is 0. The molecule has 2 aromatic rings. The van der Waals surface area contributed by atoms with E-state index in [4.69, 9.17) is 0 Å². The van der Waals surface area contributed by atoms with Crippen molar-refractivity contribution < 1.29 is 0 Å². The summed E-state index contributed by atoms with van der Waals surface area (Å²) in [6.07, 6.45) is 2.79. The van der Waals surface area contributed by atoms with Crippen LogP contribution in [0.4, 0.5) is 0 Å². The van der Waals surface area contributed by atoms with Crippen LogP contribution in [0.1, 0.15) is 0 Å². The SMILES string of the molecule is c1ccc([PH2+]CC[PH2+]c2ccccc2)cc1. The highest BCUT2D eigenvalue weighted by Gasteiger charge is 2.03. The number of hydrogen-bond acceptors (Lipinski definition) is 0. The van der Waals surface area contributed by atoms with Crippen LogP contribution in [0.3, 0.4) is 0 Å². The van der Waals surface area contributed by atoms with Gasteiger partial charge >= 0.3 is 0 Å². The van der Waals surface area contributed by atoms with Crippen LogP contribution in [0.25, 0.3) is 0 Å². The minimum Gasteiger partial charge on any atom is -0.0620 e. The fourth-order valence-electron chi connectivity index (χ4n) is 1.68. The third kappa shape index (κ3) is 4.05. The maximum Gasteiger partial charge on any atom is 0.0932 e. The summed E-state index contributed by atoms with van der Waals surface area (Å²) < 4.78 is 0. The lowest BCUT2D eigenvalue weighted by molar-refractivity contribution is 1.54. The monoisotopic (exact) mass is 248 g/mol. The molecule has 0 aliphatic heterocycles. The largest absolute Gasteiger partial charge is 0.0932 e. The second-order valence-electron chi connectivity index (χ2n) is 3.81. The van der Waals surface area contributed by atoms with E-state index >= 15 is 0 Å². The van der Waals surface area contributed by atoms with Gasteiger partial charge in [0, 0.05) is 17.2 Å². The summed E-state index contributed by atoms with van der Waals surface area (Å²) in [6.45, 7) is 0. The lowest BCUT2D eigenvalue weighted by atomic mass is 10.4. The van der Waals surface area contributed by atoms with E-state index in [-0.39, 0.29) is 0 Å². The van der Waals surface area contributed by atoms with Crippen molar-refractivity contribution in [1.82, 2.24) is 0 Å². The molecule has 0 amide bonds. The van der Waals surface area contributed by atoms with Crippen molar-refractivity contribution in [1.29, 1.82) is 0 Å². The Morgan fingerprint density at radius 3 is 1.31 bits per heavy atom. The van der Waals surface area contributed by atoms with Gasteiger partial charge in [-0.2, -0.15) is 0 Å². The van der Waals surface area contributed by atoms with Crippen LogP contribution in [-0.2, 0) is 0 Å². The van der Waals surface area contributed by atoms with Crippen LogP contribution < -0.4 is 10.6 Å². The molecule has 0 bridgehead atoms. The summed E-state index contributed by atoms with van der Waals surface area (Å²) in [5, 5.41) is 3.10. The van der Waals surface area contributed by atoms with Crippen molar-refractivity contribution in [3.05, 3.63) is 60.7 Å². The maximum absolute atomic E-state index is 2.26. The van der Waals surface area contributed by atoms with E-state index in [0.717, 1.165) is 0 Å². The molecule has 0 heterocycles. The van der Waals surface area contributed by atoms with Crippen LogP contribution in [-0.4, -0.2) is 12.3 Å². The van der Waals surface area contributed by atoms with Gasteiger partial charge in [-0.15, -0.1) is 0 Å². The molecule has 0 N–H and O–H groups in total. The number of hydrogen-bond donors (Lipinski definition) is 0. The molecule has 2 aromatic carbocycles. The number of rotatable bonds is 5. The highest BCUT2D eigenvalue weighted by Crippen LogP contribution is 2.16. The Morgan fingerprint density at radius 2 is 0.938 bits per heavy atom. The third-order valence-electron chi connectivity index (χ3n) is 2.53. The van der Waals surface area contributed by atoms with E-state index in [0.29, 0.717) is 17.2 Å². The van der Waals surface area contributed by atoms with Crippen LogP contribution >= 0.6 is 17.2 Å². The normalized spacial score (nSPS) is 11.8. The van der Waals surface area contributed by atoms with Crippen LogP contribution in [0.15, 0.2) is 60.7 Å². The van der Waals surface area contributed by atoms with Crippen molar-refractivity contribution in [3.63, 3.8) is 0 Å². The summed E-state index contributed by atoms with van der Waals surface area (Å²) in [4.78, 5) is 0. The molecule has 2 atom stereocenters. The molecule has 0 saturated heterocycles. The van der Waals surface area contributed by atoms with Crippen molar-refractivity contribution in [2.24, 2.45) is 0 Å². The molecule has 0 aliphatic rings. The molecule has 2 heteroatoms. The van der Waals surface area contributed by atoms with Gasteiger partial charge in [-0.3, -0.25) is 0 Å². The predicted molar refractivity (Wildman–Crippen MR) is 81.3 cm³/mol. The van der Waals surface area contributed by atoms with E-state index in [2.05, 4.69) is 60.7 Å². The van der Waals surface area contributed by atoms with E-state index in [1.54, 1.807) is 10.6 Å². The fourth-order valence-corrected chi connectivity index (χ4v) is 4.67. The van der Waals surface area contributed by atoms with Gasteiger partial charge in [-0.1, -0.05) is 36.4 Å². The first-order valence-corrected chi connectivity index (χ1v) is 8.50. The summed E-state index contributed by atoms with van der Waals surface area (Å²) in [6, 6.07) is 21.8. The van der Waals surface area contributed by atoms with Gasteiger partial charge in [0.25, 0.3) is 0 Å². The van der Waals surface area contributed by atoms with Crippen molar-refractivity contribution in [2.45, 2.75) is 0 Å². The molecule has 0 aliphatic carbocycles. The fraction of sp³-hybridized carbons (Fsp3) is 0.143. The standard InChI is InChI=1S/C14H16P2/c1-3-7-13(8-4-1)15-11-12-16-14-9-5-2-6-10-14/h1-10,15-16H,11-12H2/p+2. The number of benzene rings is 2. The second kappa shape index (κ2) is 6.79. The second-order valence-corrected chi connectivity index (χ2v) is 7.11. The minimum atomic E-state index is 0.485. The van der Waals surface area contributed by atoms with Crippen molar-refractivity contribution >= 4 is 27.8 Å². The van der Waals surface area contributed by atoms with Crippen LogP contribution in [0, 0.1) is 0 Å². The van der Waals surface area contributed by atoms with Gasteiger partial charge in [0.15, 0.2) is 0 Å². The van der Waals surface area contributed by atoms with Gasteiger partial charge in [0.2, 0.25) is 0 Å². The highest BCUT2D eigenvalue weighted by atomic mass is 31.1. The molecule has 0 radical (unpaired) electrons. The summed E-state index contributed by atoms with van der Waals surface area (Å²) in [7, 11) is 0.971. The Labute approximate surface area is 101 Å². The van der Waals surface area contributed by atoms with E-state index < -0.39 is 0 Å². The zero-order chi connectivity index (χ0) is 11.1. The van der Waals surface area contributed by atoms with E-state index in [9.17, 15) is 0 Å². The molecule has 16 heavy (non-hydrogen) atoms. The molecule has 0 saturated carbocycles. The zero-order valence-electron chi connectivity index (χ0n) is 9.34. The Morgan fingerprint density at radius 1 is 0.562 bits per heavy atom. The van der Waals surface area contributed by atoms with E-state index in [1.165, 1.54) is 12.3 Å². The quantitative estimate of drug-likeness (QED) is 0.563. The first-order valence-electron chi connectivity index (χ1n) is 5.72. The zero-order valence-corrected chi connectivity index (χ0v) is 11.7. The first kappa shape index (κ1) is 11.8. The third-order valence-corrected chi connectivity index (χ3v) is 6.15. The van der Waals surface area contributed by atoms with Gasteiger partial charge in [-0.05, 0) is 24.3 Å². The smallest absolute Gasteiger partial charge is 0.0620 e. The predicted octanol–water partition coefficient (Wildman–Crippen LogP) is 2.46. The Bertz CT molecular complexity index is 356. The van der Waals surface area contributed by atoms with Gasteiger partial charge in [0.05, 0.1) is 22.9 Å². The summed E-state index contributed by atoms with van der Waals surface area (Å²) in [5.74, 6) is 0. The first-order chi connectivity index (χ1) is 7.95. The average Bonchev–Trinajstić information content (AvgIpc) is 2.37. The molecule has 0 aromatic heterocycles. The lowest BCUT2D eigenvalue weighted by Gasteiger charge is -1.93. The summed E-state index contributed by atoms with van der Waals surface area (Å²) in [5.41, 5.74) is 0. The molecular formula is C14H18P2+2. The van der Waals surface area contributed by atoms with Crippen LogP contribution in [0.5, 0.6) is 0 Å². The van der Waals surface area contributed by atoms with Crippen molar-refractivity contribution in [3.8, 4) is 0 Å². The lowest BCUT2D eigenvalue weighted by Crippen LogP contribution is -1.98. The van der Waals surface area contributed by atoms with Gasteiger partial charge < -0.3 is 0 Å². The Hall–Kier alpha value is -0.700. The highest BCUT2D eigenvalue weighted by molar-refractivity contribution is 7.51. The molecular weight excluding hydrogens is 230 g/mol. The maximum atomic E-state index is 2.26. The molecule has 0 fully saturated rings. The van der Waals surface area contributed by atoms with Crippen LogP contribution in [0.2, 0.25) is 0 Å². The van der Waals surface area contributed by atoms with Gasteiger partial charge in [-0.25, -0.2) is 0 Å². The van der Waals surface area contributed by atoms with E-state index in [1.807, 2.05) is 0 Å². The minimum absolute atomic E-state index is 0.485. The topological polar surface area (TPSA) is 0 Å². The molecule has 0 spiro atoms. The Balaban J connectivity index is 1.70. The van der Waals surface area contributed by atoms with Crippen molar-refractivity contribution in [2.75, 3.05) is 12.3 Å². The average molecular weight is 248 g/mol. The Kier molecular flexibility index (Phi) is 5.00.